The lowest BCUT2D eigenvalue weighted by Crippen LogP contribution is -2.37. The van der Waals surface area contributed by atoms with Crippen LogP contribution in [0, 0.1) is 12.7 Å². The zero-order valence-corrected chi connectivity index (χ0v) is 15.5. The van der Waals surface area contributed by atoms with Crippen molar-refractivity contribution < 1.29 is 4.39 Å². The largest absolute Gasteiger partial charge is 0.356 e. The molecule has 2 N–H and O–H groups in total. The van der Waals surface area contributed by atoms with Gasteiger partial charge in [-0.15, -0.1) is 0 Å². The number of guanidine groups is 1. The smallest absolute Gasteiger partial charge is 0.191 e. The fourth-order valence-electron chi connectivity index (χ4n) is 2.73. The first-order chi connectivity index (χ1) is 13.2. The average Bonchev–Trinajstić information content (AvgIpc) is 3.21. The van der Waals surface area contributed by atoms with Gasteiger partial charge in [0.15, 0.2) is 5.96 Å². The molecule has 0 aliphatic heterocycles. The van der Waals surface area contributed by atoms with Gasteiger partial charge in [-0.25, -0.2) is 14.4 Å². The summed E-state index contributed by atoms with van der Waals surface area (Å²) in [5.74, 6) is 1.34. The number of hydrogen-bond donors (Lipinski definition) is 2. The molecule has 0 atom stereocenters. The Morgan fingerprint density at radius 3 is 2.78 bits per heavy atom. The zero-order chi connectivity index (χ0) is 19.1. The van der Waals surface area contributed by atoms with Crippen LogP contribution in [0.5, 0.6) is 0 Å². The fraction of sp³-hybridized carbons (Fsp3) is 0.250. The van der Waals surface area contributed by atoms with Gasteiger partial charge in [-0.05, 0) is 48.2 Å². The lowest BCUT2D eigenvalue weighted by atomic mass is 10.1. The van der Waals surface area contributed by atoms with E-state index in [0.717, 1.165) is 28.9 Å². The Bertz CT molecular complexity index is 887. The number of benzene rings is 1. The van der Waals surface area contributed by atoms with Gasteiger partial charge in [0.1, 0.15) is 18.0 Å². The minimum atomic E-state index is -0.200. The van der Waals surface area contributed by atoms with E-state index in [1.165, 1.54) is 6.07 Å². The van der Waals surface area contributed by atoms with Crippen LogP contribution in [0.3, 0.4) is 0 Å². The summed E-state index contributed by atoms with van der Waals surface area (Å²) in [5.41, 5.74) is 3.14. The van der Waals surface area contributed by atoms with Crippen molar-refractivity contribution >= 4 is 5.96 Å². The van der Waals surface area contributed by atoms with E-state index in [0.29, 0.717) is 19.0 Å². The molecule has 0 spiro atoms. The molecule has 0 aliphatic carbocycles. The zero-order valence-electron chi connectivity index (χ0n) is 15.5. The van der Waals surface area contributed by atoms with Crippen LogP contribution in [-0.2, 0) is 13.0 Å². The summed E-state index contributed by atoms with van der Waals surface area (Å²) in [4.78, 5) is 12.7. The molecule has 2 heterocycles. The van der Waals surface area contributed by atoms with Gasteiger partial charge in [0.2, 0.25) is 0 Å². The highest BCUT2D eigenvalue weighted by molar-refractivity contribution is 5.79. The molecule has 3 aromatic rings. The molecule has 0 saturated carbocycles. The second-order valence-corrected chi connectivity index (χ2v) is 6.17. The normalized spacial score (nSPS) is 11.4. The van der Waals surface area contributed by atoms with E-state index < -0.39 is 0 Å². The van der Waals surface area contributed by atoms with E-state index in [2.05, 4.69) is 25.6 Å². The predicted octanol–water partition coefficient (Wildman–Crippen LogP) is 2.62. The summed E-state index contributed by atoms with van der Waals surface area (Å²) >= 11 is 0. The summed E-state index contributed by atoms with van der Waals surface area (Å²) in [6.07, 6.45) is 7.93. The van der Waals surface area contributed by atoms with Crippen molar-refractivity contribution in [1.82, 2.24) is 25.2 Å². The number of nitrogens with zero attached hydrogens (tertiary/aromatic N) is 4. The Morgan fingerprint density at radius 2 is 2.11 bits per heavy atom. The number of aromatic nitrogens is 3. The van der Waals surface area contributed by atoms with Crippen molar-refractivity contribution in [2.45, 2.75) is 19.9 Å². The molecule has 0 unspecified atom stereocenters. The van der Waals surface area contributed by atoms with Crippen LogP contribution in [0.2, 0.25) is 0 Å². The predicted molar refractivity (Wildman–Crippen MR) is 104 cm³/mol. The third kappa shape index (κ3) is 5.13. The summed E-state index contributed by atoms with van der Waals surface area (Å²) in [6.45, 7) is 3.25. The van der Waals surface area contributed by atoms with Gasteiger partial charge >= 0.3 is 0 Å². The fourth-order valence-corrected chi connectivity index (χ4v) is 2.73. The Labute approximate surface area is 158 Å². The monoisotopic (exact) mass is 366 g/mol. The van der Waals surface area contributed by atoms with Gasteiger partial charge < -0.3 is 10.6 Å². The molecule has 2 aromatic heterocycles. The van der Waals surface area contributed by atoms with Crippen LogP contribution in [0.4, 0.5) is 4.39 Å². The summed E-state index contributed by atoms with van der Waals surface area (Å²) in [6, 6.07) is 8.85. The highest BCUT2D eigenvalue weighted by Crippen LogP contribution is 2.10. The first-order valence-electron chi connectivity index (χ1n) is 8.78. The quantitative estimate of drug-likeness (QED) is 0.520. The topological polar surface area (TPSA) is 67.1 Å². The first kappa shape index (κ1) is 18.6. The van der Waals surface area contributed by atoms with Crippen molar-refractivity contribution in [3.8, 4) is 5.82 Å². The molecular formula is C20H23FN6. The molecule has 3 rings (SSSR count). The molecule has 0 radical (unpaired) electrons. The Hall–Kier alpha value is -3.22. The van der Waals surface area contributed by atoms with Crippen molar-refractivity contribution in [1.29, 1.82) is 0 Å². The standard InChI is InChI=1S/C20H23FN6/c1-15-11-18(21)5-4-17(15)7-8-24-20(22-2)26-13-16-3-6-19(25-12-16)27-10-9-23-14-27/h3-6,9-12,14H,7-8,13H2,1-2H3,(H2,22,24,26). The Balaban J connectivity index is 1.47. The second kappa shape index (κ2) is 8.93. The van der Waals surface area contributed by atoms with Crippen LogP contribution in [0.15, 0.2) is 60.2 Å². The van der Waals surface area contributed by atoms with Gasteiger partial charge in [-0.2, -0.15) is 0 Å². The molecule has 0 saturated heterocycles. The van der Waals surface area contributed by atoms with Gasteiger partial charge in [-0.1, -0.05) is 12.1 Å². The summed E-state index contributed by atoms with van der Waals surface area (Å²) < 4.78 is 15.0. The summed E-state index contributed by atoms with van der Waals surface area (Å²) in [7, 11) is 1.73. The molecule has 6 nitrogen and oxygen atoms in total. The van der Waals surface area contributed by atoms with E-state index in [-0.39, 0.29) is 5.82 Å². The van der Waals surface area contributed by atoms with Crippen LogP contribution < -0.4 is 10.6 Å². The molecule has 140 valence electrons. The molecule has 0 bridgehead atoms. The maximum atomic E-state index is 13.2. The average molecular weight is 366 g/mol. The van der Waals surface area contributed by atoms with Crippen molar-refractivity contribution in [3.05, 3.63) is 77.8 Å². The Morgan fingerprint density at radius 1 is 1.22 bits per heavy atom. The number of aliphatic imine (C=N–C) groups is 1. The lowest BCUT2D eigenvalue weighted by Gasteiger charge is -2.13. The molecule has 7 heteroatoms. The highest BCUT2D eigenvalue weighted by atomic mass is 19.1. The number of nitrogens with one attached hydrogen (secondary N) is 2. The minimum absolute atomic E-state index is 0.200. The van der Waals surface area contributed by atoms with E-state index in [1.54, 1.807) is 25.6 Å². The van der Waals surface area contributed by atoms with Gasteiger partial charge in [0.25, 0.3) is 0 Å². The molecule has 0 amide bonds. The second-order valence-electron chi connectivity index (χ2n) is 6.17. The highest BCUT2D eigenvalue weighted by Gasteiger charge is 2.03. The van der Waals surface area contributed by atoms with Crippen LogP contribution >= 0.6 is 0 Å². The number of halogens is 1. The molecule has 1 aromatic carbocycles. The first-order valence-corrected chi connectivity index (χ1v) is 8.78. The van der Waals surface area contributed by atoms with E-state index in [9.17, 15) is 4.39 Å². The minimum Gasteiger partial charge on any atom is -0.356 e. The summed E-state index contributed by atoms with van der Waals surface area (Å²) in [5, 5.41) is 6.55. The van der Waals surface area contributed by atoms with Crippen molar-refractivity contribution in [3.63, 3.8) is 0 Å². The SMILES string of the molecule is CN=C(NCCc1ccc(F)cc1C)NCc1ccc(-n2ccnc2)nc1. The van der Waals surface area contributed by atoms with Gasteiger partial charge in [0.05, 0.1) is 0 Å². The van der Waals surface area contributed by atoms with Crippen molar-refractivity contribution in [2.75, 3.05) is 13.6 Å². The lowest BCUT2D eigenvalue weighted by molar-refractivity contribution is 0.625. The maximum absolute atomic E-state index is 13.2. The molecular weight excluding hydrogens is 343 g/mol. The van der Waals surface area contributed by atoms with E-state index in [1.807, 2.05) is 42.1 Å². The van der Waals surface area contributed by atoms with E-state index >= 15 is 0 Å². The number of hydrogen-bond acceptors (Lipinski definition) is 3. The van der Waals surface area contributed by atoms with Crippen molar-refractivity contribution in [2.24, 2.45) is 4.99 Å². The van der Waals surface area contributed by atoms with Crippen LogP contribution in [-0.4, -0.2) is 34.1 Å². The number of rotatable bonds is 6. The number of aryl methyl sites for hydroxylation is 1. The van der Waals surface area contributed by atoms with Gasteiger partial charge in [-0.3, -0.25) is 9.56 Å². The van der Waals surface area contributed by atoms with E-state index in [4.69, 9.17) is 0 Å². The number of imidazole rings is 1. The molecule has 0 fully saturated rings. The van der Waals surface area contributed by atoms with Crippen LogP contribution in [0.25, 0.3) is 5.82 Å². The molecule has 27 heavy (non-hydrogen) atoms. The molecule has 0 aliphatic rings. The third-order valence-electron chi connectivity index (χ3n) is 4.25. The third-order valence-corrected chi connectivity index (χ3v) is 4.25. The maximum Gasteiger partial charge on any atom is 0.191 e. The Kier molecular flexibility index (Phi) is 6.14. The number of pyridine rings is 1. The van der Waals surface area contributed by atoms with Gasteiger partial charge in [0, 0.05) is 38.7 Å². The van der Waals surface area contributed by atoms with Crippen LogP contribution in [0.1, 0.15) is 16.7 Å².